The molecule has 0 aliphatic carbocycles. The topological polar surface area (TPSA) is 21.6 Å². The van der Waals surface area contributed by atoms with Crippen LogP contribution in [0.15, 0.2) is 59.6 Å². The van der Waals surface area contributed by atoms with Crippen molar-refractivity contribution >= 4 is 11.9 Å². The molecule has 0 atom stereocenters. The van der Waals surface area contributed by atoms with Gasteiger partial charge in [0.05, 0.1) is 5.69 Å². The largest absolute Gasteiger partial charge is 0.488 e. The summed E-state index contributed by atoms with van der Waals surface area (Å²) in [6, 6.07) is 17.9. The predicted molar refractivity (Wildman–Crippen MR) is 80.5 cm³/mol. The fourth-order valence-electron chi connectivity index (χ4n) is 1.64. The molecule has 0 saturated heterocycles. The van der Waals surface area contributed by atoms with Crippen molar-refractivity contribution in [3.8, 4) is 5.75 Å². The molecule has 0 fully saturated rings. The molecule has 0 aromatic heterocycles. The molecule has 2 aromatic carbocycles. The average molecular weight is 253 g/mol. The van der Waals surface area contributed by atoms with Crippen LogP contribution < -0.4 is 4.74 Å². The number of hydrogen-bond donors (Lipinski definition) is 0. The Kier molecular flexibility index (Phi) is 4.00. The molecule has 0 radical (unpaired) electrons. The molecule has 98 valence electrons. The van der Waals surface area contributed by atoms with Gasteiger partial charge >= 0.3 is 0 Å². The Bertz CT molecular complexity index is 536. The number of hydrogen-bond acceptors (Lipinski definition) is 2. The van der Waals surface area contributed by atoms with Gasteiger partial charge in [-0.05, 0) is 62.7 Å². The molecular weight excluding hydrogens is 234 g/mol. The second kappa shape index (κ2) is 5.70. The van der Waals surface area contributed by atoms with E-state index >= 15 is 0 Å². The van der Waals surface area contributed by atoms with Gasteiger partial charge in [0.25, 0.3) is 0 Å². The molecule has 2 rings (SSSR count). The monoisotopic (exact) mass is 253 g/mol. The van der Waals surface area contributed by atoms with Crippen molar-refractivity contribution < 1.29 is 4.74 Å². The van der Waals surface area contributed by atoms with Crippen LogP contribution in [0.4, 0.5) is 5.69 Å². The molecule has 0 bridgehead atoms. The molecule has 0 spiro atoms. The Labute approximate surface area is 114 Å². The van der Waals surface area contributed by atoms with Crippen LogP contribution in [0.25, 0.3) is 0 Å². The summed E-state index contributed by atoms with van der Waals surface area (Å²) in [5, 5.41) is 0. The number of aliphatic imine (C=N–C) groups is 1. The summed E-state index contributed by atoms with van der Waals surface area (Å²) < 4.78 is 5.77. The Balaban J connectivity index is 2.05. The molecule has 0 aliphatic heterocycles. The summed E-state index contributed by atoms with van der Waals surface area (Å²) in [7, 11) is 0. The quantitative estimate of drug-likeness (QED) is 0.732. The van der Waals surface area contributed by atoms with Gasteiger partial charge in [0.1, 0.15) is 11.4 Å². The molecule has 0 amide bonds. The summed E-state index contributed by atoms with van der Waals surface area (Å²) in [6.07, 6.45) is 1.86. The third-order valence-electron chi connectivity index (χ3n) is 2.42. The minimum absolute atomic E-state index is 0.167. The van der Waals surface area contributed by atoms with Crippen molar-refractivity contribution in [2.45, 2.75) is 26.4 Å². The summed E-state index contributed by atoms with van der Waals surface area (Å²) in [6.45, 7) is 6.12. The zero-order valence-electron chi connectivity index (χ0n) is 11.6. The zero-order valence-corrected chi connectivity index (χ0v) is 11.6. The maximum atomic E-state index is 5.77. The highest BCUT2D eigenvalue weighted by Gasteiger charge is 2.10. The fourth-order valence-corrected chi connectivity index (χ4v) is 1.64. The van der Waals surface area contributed by atoms with Gasteiger partial charge in [-0.3, -0.25) is 4.99 Å². The fraction of sp³-hybridized carbons (Fsp3) is 0.235. The third kappa shape index (κ3) is 4.59. The van der Waals surface area contributed by atoms with Crippen LogP contribution in [0.3, 0.4) is 0 Å². The summed E-state index contributed by atoms with van der Waals surface area (Å²) >= 11 is 0. The van der Waals surface area contributed by atoms with Crippen LogP contribution in [0, 0.1) is 0 Å². The highest BCUT2D eigenvalue weighted by atomic mass is 16.5. The Morgan fingerprint density at radius 1 is 0.895 bits per heavy atom. The molecule has 2 heteroatoms. The first-order chi connectivity index (χ1) is 9.03. The van der Waals surface area contributed by atoms with E-state index in [2.05, 4.69) is 4.99 Å². The smallest absolute Gasteiger partial charge is 0.120 e. The average Bonchev–Trinajstić information content (AvgIpc) is 2.37. The number of ether oxygens (including phenoxy) is 1. The summed E-state index contributed by atoms with van der Waals surface area (Å²) in [5.41, 5.74) is 1.85. The number of para-hydroxylation sites is 1. The second-order valence-electron chi connectivity index (χ2n) is 5.38. The number of nitrogens with zero attached hydrogens (tertiary/aromatic N) is 1. The number of rotatable bonds is 3. The first-order valence-corrected chi connectivity index (χ1v) is 6.41. The van der Waals surface area contributed by atoms with Crippen molar-refractivity contribution in [3.63, 3.8) is 0 Å². The molecule has 2 aromatic rings. The van der Waals surface area contributed by atoms with Crippen LogP contribution >= 0.6 is 0 Å². The Morgan fingerprint density at radius 3 is 2.11 bits per heavy atom. The van der Waals surface area contributed by atoms with Crippen LogP contribution in [-0.2, 0) is 0 Å². The molecule has 0 N–H and O–H groups in total. The van der Waals surface area contributed by atoms with Crippen LogP contribution in [0.1, 0.15) is 26.3 Å². The lowest BCUT2D eigenvalue weighted by molar-refractivity contribution is 0.131. The van der Waals surface area contributed by atoms with Gasteiger partial charge in [0.2, 0.25) is 0 Å². The van der Waals surface area contributed by atoms with E-state index in [1.807, 2.05) is 81.6 Å². The highest BCUT2D eigenvalue weighted by molar-refractivity contribution is 5.82. The van der Waals surface area contributed by atoms with Crippen LogP contribution in [0.5, 0.6) is 5.75 Å². The first-order valence-electron chi connectivity index (χ1n) is 6.41. The van der Waals surface area contributed by atoms with Crippen LogP contribution in [-0.4, -0.2) is 11.8 Å². The minimum atomic E-state index is -0.167. The summed E-state index contributed by atoms with van der Waals surface area (Å²) in [5.74, 6) is 0.879. The molecule has 19 heavy (non-hydrogen) atoms. The van der Waals surface area contributed by atoms with Crippen LogP contribution in [0.2, 0.25) is 0 Å². The van der Waals surface area contributed by atoms with Gasteiger partial charge in [-0.1, -0.05) is 18.2 Å². The van der Waals surface area contributed by atoms with Crippen molar-refractivity contribution in [2.75, 3.05) is 0 Å². The van der Waals surface area contributed by atoms with Crippen molar-refractivity contribution in [1.29, 1.82) is 0 Å². The Hall–Kier alpha value is -2.09. The van der Waals surface area contributed by atoms with E-state index in [-0.39, 0.29) is 5.60 Å². The highest BCUT2D eigenvalue weighted by Crippen LogP contribution is 2.18. The molecule has 2 nitrogen and oxygen atoms in total. The van der Waals surface area contributed by atoms with Gasteiger partial charge in [0.15, 0.2) is 0 Å². The lowest BCUT2D eigenvalue weighted by Crippen LogP contribution is -2.22. The van der Waals surface area contributed by atoms with E-state index in [1.165, 1.54) is 0 Å². The lowest BCUT2D eigenvalue weighted by atomic mass is 10.2. The van der Waals surface area contributed by atoms with E-state index < -0.39 is 0 Å². The van der Waals surface area contributed by atoms with Gasteiger partial charge in [0, 0.05) is 6.21 Å². The Morgan fingerprint density at radius 2 is 1.53 bits per heavy atom. The lowest BCUT2D eigenvalue weighted by Gasteiger charge is -2.21. The van der Waals surface area contributed by atoms with Gasteiger partial charge in [-0.2, -0.15) is 0 Å². The normalized spacial score (nSPS) is 11.7. The molecule has 0 aliphatic rings. The van der Waals surface area contributed by atoms with Gasteiger partial charge in [-0.25, -0.2) is 0 Å². The van der Waals surface area contributed by atoms with E-state index in [4.69, 9.17) is 4.74 Å². The van der Waals surface area contributed by atoms with E-state index in [9.17, 15) is 0 Å². The predicted octanol–water partition coefficient (Wildman–Crippen LogP) is 4.61. The maximum absolute atomic E-state index is 5.77. The molecular formula is C17H19NO. The third-order valence-corrected chi connectivity index (χ3v) is 2.42. The summed E-state index contributed by atoms with van der Waals surface area (Å²) in [4.78, 5) is 4.41. The van der Waals surface area contributed by atoms with Gasteiger partial charge in [-0.15, -0.1) is 0 Å². The van der Waals surface area contributed by atoms with Crippen molar-refractivity contribution in [2.24, 2.45) is 4.99 Å². The molecule has 0 heterocycles. The SMILES string of the molecule is CC(C)(C)Oc1ccc(/C=N/c2ccccc2)cc1. The van der Waals surface area contributed by atoms with E-state index in [1.54, 1.807) is 0 Å². The van der Waals surface area contributed by atoms with Crippen molar-refractivity contribution in [3.05, 3.63) is 60.2 Å². The zero-order chi connectivity index (χ0) is 13.7. The molecule has 0 unspecified atom stereocenters. The maximum Gasteiger partial charge on any atom is 0.120 e. The molecule has 0 saturated carbocycles. The standard InChI is InChI=1S/C17H19NO/c1-17(2,3)19-16-11-9-14(10-12-16)13-18-15-7-5-4-6-8-15/h4-13H,1-3H3/b18-13+. The minimum Gasteiger partial charge on any atom is -0.488 e. The second-order valence-corrected chi connectivity index (χ2v) is 5.38. The van der Waals surface area contributed by atoms with E-state index in [0.29, 0.717) is 0 Å². The van der Waals surface area contributed by atoms with E-state index in [0.717, 1.165) is 17.0 Å². The first kappa shape index (κ1) is 13.3. The van der Waals surface area contributed by atoms with Crippen molar-refractivity contribution in [1.82, 2.24) is 0 Å². The number of benzene rings is 2. The van der Waals surface area contributed by atoms with Gasteiger partial charge < -0.3 is 4.74 Å².